The minimum absolute atomic E-state index is 0.0124. The number of aromatic nitrogens is 2. The summed E-state index contributed by atoms with van der Waals surface area (Å²) in [6.07, 6.45) is 1.83. The van der Waals surface area contributed by atoms with Gasteiger partial charge in [0.2, 0.25) is 0 Å². The average Bonchev–Trinajstić information content (AvgIpc) is 2.35. The van der Waals surface area contributed by atoms with Gasteiger partial charge >= 0.3 is 0 Å². The van der Waals surface area contributed by atoms with Gasteiger partial charge in [-0.1, -0.05) is 24.4 Å². The molecule has 0 aliphatic carbocycles. The zero-order valence-corrected chi connectivity index (χ0v) is 10.1. The van der Waals surface area contributed by atoms with Crippen LogP contribution in [-0.2, 0) is 6.42 Å². The molecule has 1 N–H and O–H groups in total. The highest BCUT2D eigenvalue weighted by Gasteiger charge is 2.06. The van der Waals surface area contributed by atoms with Gasteiger partial charge in [0.1, 0.15) is 5.75 Å². The van der Waals surface area contributed by atoms with Gasteiger partial charge in [-0.2, -0.15) is 0 Å². The van der Waals surface area contributed by atoms with Crippen LogP contribution in [0.5, 0.6) is 5.75 Å². The second kappa shape index (κ2) is 5.05. The van der Waals surface area contributed by atoms with E-state index in [-0.39, 0.29) is 4.64 Å². The summed E-state index contributed by atoms with van der Waals surface area (Å²) in [6.45, 7) is 0. The van der Waals surface area contributed by atoms with Crippen LogP contribution in [0.3, 0.4) is 0 Å². The van der Waals surface area contributed by atoms with Crippen molar-refractivity contribution in [1.82, 2.24) is 9.97 Å². The van der Waals surface area contributed by atoms with Gasteiger partial charge in [-0.3, -0.25) is 0 Å². The Balaban J connectivity index is 2.31. The average molecular weight is 250 g/mol. The van der Waals surface area contributed by atoms with Gasteiger partial charge in [0.15, 0.2) is 10.5 Å². The summed E-state index contributed by atoms with van der Waals surface area (Å²) in [5.41, 5.74) is 1.37. The van der Waals surface area contributed by atoms with E-state index >= 15 is 0 Å². The van der Waals surface area contributed by atoms with E-state index in [0.29, 0.717) is 12.1 Å². The largest absolute Gasteiger partial charge is 0.497 e. The Labute approximate surface area is 103 Å². The summed E-state index contributed by atoms with van der Waals surface area (Å²) in [7, 11) is 1.60. The van der Waals surface area contributed by atoms with E-state index < -0.39 is 5.82 Å². The summed E-state index contributed by atoms with van der Waals surface area (Å²) in [4.78, 5) is 6.44. The topological polar surface area (TPSA) is 37.9 Å². The number of hydrogen-bond acceptors (Lipinski definition) is 3. The highest BCUT2D eigenvalue weighted by atomic mass is 32.1. The summed E-state index contributed by atoms with van der Waals surface area (Å²) in [6, 6.07) is 7.46. The fourth-order valence-electron chi connectivity index (χ4n) is 1.53. The Bertz CT molecular complexity index is 583. The van der Waals surface area contributed by atoms with Crippen LogP contribution in [0.25, 0.3) is 0 Å². The van der Waals surface area contributed by atoms with Gasteiger partial charge in [-0.25, -0.2) is 9.37 Å². The molecule has 0 radical (unpaired) electrons. The molecular formula is C12H11FN2OS. The standard InChI is InChI=1S/C12H11FN2OS/c1-16-9-4-2-3-8(5-9)6-10-11(13)12(17)15-7-14-10/h2-5,7H,6H2,1H3,(H,14,15,17). The number of nitrogens with zero attached hydrogens (tertiary/aromatic N) is 1. The Morgan fingerprint density at radius 1 is 1.47 bits per heavy atom. The number of hydrogen-bond donors (Lipinski definition) is 1. The quantitative estimate of drug-likeness (QED) is 0.851. The first-order valence-corrected chi connectivity index (χ1v) is 5.46. The Hall–Kier alpha value is -1.75. The molecule has 3 nitrogen and oxygen atoms in total. The molecule has 0 saturated carbocycles. The third-order valence-corrected chi connectivity index (χ3v) is 2.67. The highest BCUT2D eigenvalue weighted by molar-refractivity contribution is 7.71. The number of ether oxygens (including phenoxy) is 1. The zero-order chi connectivity index (χ0) is 12.3. The molecule has 0 fully saturated rings. The molecule has 88 valence electrons. The van der Waals surface area contributed by atoms with E-state index in [2.05, 4.69) is 9.97 Å². The van der Waals surface area contributed by atoms with Gasteiger partial charge < -0.3 is 9.72 Å². The normalized spacial score (nSPS) is 10.2. The third kappa shape index (κ3) is 2.68. The first-order chi connectivity index (χ1) is 8.20. The van der Waals surface area contributed by atoms with Gasteiger partial charge in [0.05, 0.1) is 19.1 Å². The number of methoxy groups -OCH3 is 1. The van der Waals surface area contributed by atoms with E-state index in [1.807, 2.05) is 24.3 Å². The first-order valence-electron chi connectivity index (χ1n) is 5.05. The smallest absolute Gasteiger partial charge is 0.179 e. The summed E-state index contributed by atoms with van der Waals surface area (Å²) in [5, 5.41) is 0. The van der Waals surface area contributed by atoms with Crippen molar-refractivity contribution < 1.29 is 9.13 Å². The SMILES string of the molecule is COc1cccc(Cc2[nH]cnc(=S)c2F)c1. The predicted molar refractivity (Wildman–Crippen MR) is 65.2 cm³/mol. The lowest BCUT2D eigenvalue weighted by Gasteiger charge is -2.05. The molecular weight excluding hydrogens is 239 g/mol. The molecule has 2 aromatic rings. The maximum Gasteiger partial charge on any atom is 0.179 e. The second-order valence-corrected chi connectivity index (χ2v) is 3.92. The lowest BCUT2D eigenvalue weighted by Crippen LogP contribution is -1.99. The number of aromatic amines is 1. The number of nitrogens with one attached hydrogen (secondary N) is 1. The van der Waals surface area contributed by atoms with E-state index in [1.165, 1.54) is 6.33 Å². The van der Waals surface area contributed by atoms with Crippen molar-refractivity contribution in [2.24, 2.45) is 0 Å². The molecule has 0 unspecified atom stereocenters. The van der Waals surface area contributed by atoms with Crippen molar-refractivity contribution >= 4 is 12.2 Å². The lowest BCUT2D eigenvalue weighted by atomic mass is 10.1. The van der Waals surface area contributed by atoms with Crippen LogP contribution in [-0.4, -0.2) is 17.1 Å². The number of rotatable bonds is 3. The van der Waals surface area contributed by atoms with E-state index in [4.69, 9.17) is 17.0 Å². The van der Waals surface area contributed by atoms with Crippen LogP contribution >= 0.6 is 12.2 Å². The fourth-order valence-corrected chi connectivity index (χ4v) is 1.71. The van der Waals surface area contributed by atoms with Gasteiger partial charge in [0.25, 0.3) is 0 Å². The molecule has 17 heavy (non-hydrogen) atoms. The molecule has 1 heterocycles. The molecule has 5 heteroatoms. The zero-order valence-electron chi connectivity index (χ0n) is 9.24. The maximum atomic E-state index is 13.6. The number of H-pyrrole nitrogens is 1. The monoisotopic (exact) mass is 250 g/mol. The van der Waals surface area contributed by atoms with Gasteiger partial charge in [-0.15, -0.1) is 0 Å². The first kappa shape index (κ1) is 11.7. The van der Waals surface area contributed by atoms with Crippen LogP contribution < -0.4 is 4.74 Å². The van der Waals surface area contributed by atoms with Crippen LogP contribution in [0, 0.1) is 10.5 Å². The van der Waals surface area contributed by atoms with Crippen molar-refractivity contribution in [1.29, 1.82) is 0 Å². The molecule has 0 aliphatic heterocycles. The summed E-state index contributed by atoms with van der Waals surface area (Å²) in [5.74, 6) is 0.279. The molecule has 1 aromatic carbocycles. The van der Waals surface area contributed by atoms with Crippen LogP contribution in [0.1, 0.15) is 11.3 Å². The molecule has 0 aliphatic rings. The van der Waals surface area contributed by atoms with Crippen molar-refractivity contribution in [3.05, 3.63) is 52.3 Å². The van der Waals surface area contributed by atoms with E-state index in [1.54, 1.807) is 7.11 Å². The Morgan fingerprint density at radius 3 is 3.06 bits per heavy atom. The molecule has 0 spiro atoms. The van der Waals surface area contributed by atoms with E-state index in [0.717, 1.165) is 11.3 Å². The fraction of sp³-hybridized carbons (Fsp3) is 0.167. The van der Waals surface area contributed by atoms with Crippen LogP contribution in [0.15, 0.2) is 30.6 Å². The van der Waals surface area contributed by atoms with E-state index in [9.17, 15) is 4.39 Å². The minimum Gasteiger partial charge on any atom is -0.497 e. The predicted octanol–water partition coefficient (Wildman–Crippen LogP) is 2.88. The third-order valence-electron chi connectivity index (χ3n) is 2.39. The summed E-state index contributed by atoms with van der Waals surface area (Å²) >= 11 is 4.77. The van der Waals surface area contributed by atoms with Crippen molar-refractivity contribution in [2.75, 3.05) is 7.11 Å². The number of halogens is 1. The Morgan fingerprint density at radius 2 is 2.29 bits per heavy atom. The minimum atomic E-state index is -0.467. The number of benzene rings is 1. The lowest BCUT2D eigenvalue weighted by molar-refractivity contribution is 0.414. The van der Waals surface area contributed by atoms with Crippen molar-refractivity contribution in [2.45, 2.75) is 6.42 Å². The Kier molecular flexibility index (Phi) is 3.49. The van der Waals surface area contributed by atoms with Crippen molar-refractivity contribution in [3.8, 4) is 5.75 Å². The van der Waals surface area contributed by atoms with Crippen LogP contribution in [0.2, 0.25) is 0 Å². The maximum absolute atomic E-state index is 13.6. The summed E-state index contributed by atoms with van der Waals surface area (Å²) < 4.78 is 18.7. The van der Waals surface area contributed by atoms with Crippen LogP contribution in [0.4, 0.5) is 4.39 Å². The van der Waals surface area contributed by atoms with Crippen molar-refractivity contribution in [3.63, 3.8) is 0 Å². The van der Waals surface area contributed by atoms with Gasteiger partial charge in [-0.05, 0) is 17.7 Å². The highest BCUT2D eigenvalue weighted by Crippen LogP contribution is 2.16. The molecule has 1 aromatic heterocycles. The van der Waals surface area contributed by atoms with Gasteiger partial charge in [0, 0.05) is 6.42 Å². The molecule has 0 amide bonds. The molecule has 2 rings (SSSR count). The molecule has 0 atom stereocenters. The second-order valence-electron chi connectivity index (χ2n) is 3.53. The molecule has 0 bridgehead atoms. The molecule has 0 saturated heterocycles.